The number of thiophene rings is 1. The van der Waals surface area contributed by atoms with Crippen molar-refractivity contribution in [3.63, 3.8) is 0 Å². The molecule has 376 valence electrons. The van der Waals surface area contributed by atoms with Crippen LogP contribution in [0.4, 0.5) is 0 Å². The van der Waals surface area contributed by atoms with Gasteiger partial charge in [-0.3, -0.25) is 28.7 Å². The fraction of sp³-hybridized carbons (Fsp3) is 0.415. The Balaban J connectivity index is 0.767. The Hall–Kier alpha value is -6.76. The molecule has 0 radical (unpaired) electrons. The summed E-state index contributed by atoms with van der Waals surface area (Å²) >= 11 is 7.93. The molecule has 3 aliphatic rings. The van der Waals surface area contributed by atoms with Gasteiger partial charge in [0.1, 0.15) is 40.8 Å². The minimum atomic E-state index is -0.975. The highest BCUT2D eigenvalue weighted by Crippen LogP contribution is 2.40. The number of likely N-dealkylation sites (tertiary alicyclic amines) is 1. The number of aliphatic imine (C=N–C) groups is 1. The summed E-state index contributed by atoms with van der Waals surface area (Å²) in [5.74, 6) is 1.55. The molecular weight excluding hydrogens is 956 g/mol. The number of aliphatic hydroxyl groups excluding tert-OH is 1. The molecule has 5 atom stereocenters. The molecule has 19 heteroatoms. The summed E-state index contributed by atoms with van der Waals surface area (Å²) in [5, 5.41) is 34.2. The number of hydrogen-bond acceptors (Lipinski definition) is 13. The van der Waals surface area contributed by atoms with E-state index in [0.29, 0.717) is 46.7 Å². The van der Waals surface area contributed by atoms with Gasteiger partial charge in [-0.15, -0.1) is 21.5 Å². The number of fused-ring (bicyclic) bond motifs is 3. The van der Waals surface area contributed by atoms with Crippen molar-refractivity contribution >= 4 is 52.3 Å². The van der Waals surface area contributed by atoms with Crippen molar-refractivity contribution in [1.82, 2.24) is 45.8 Å². The lowest BCUT2D eigenvalue weighted by Gasteiger charge is -2.36. The third-order valence-electron chi connectivity index (χ3n) is 13.6. The number of aryl methyl sites for hydroxylation is 3. The normalized spacial score (nSPS) is 20.3. The Morgan fingerprint density at radius 3 is 2.26 bits per heavy atom. The van der Waals surface area contributed by atoms with Gasteiger partial charge in [0.2, 0.25) is 23.6 Å². The van der Waals surface area contributed by atoms with Gasteiger partial charge in [0.05, 0.1) is 30.7 Å². The molecule has 0 bridgehead atoms. The summed E-state index contributed by atoms with van der Waals surface area (Å²) in [6.07, 6.45) is 0.396. The molecule has 0 spiro atoms. The van der Waals surface area contributed by atoms with E-state index in [2.05, 4.69) is 50.1 Å². The molecule has 4 N–H and O–H groups in total. The maximum Gasteiger partial charge on any atom is 0.257 e. The number of amides is 4. The van der Waals surface area contributed by atoms with Gasteiger partial charge in [0.15, 0.2) is 11.6 Å². The van der Waals surface area contributed by atoms with Gasteiger partial charge in [0.25, 0.3) is 5.89 Å². The smallest absolute Gasteiger partial charge is 0.257 e. The van der Waals surface area contributed by atoms with Crippen molar-refractivity contribution in [3.05, 3.63) is 128 Å². The van der Waals surface area contributed by atoms with Crippen LogP contribution in [0.3, 0.4) is 0 Å². The van der Waals surface area contributed by atoms with Crippen molar-refractivity contribution in [1.29, 1.82) is 0 Å². The van der Waals surface area contributed by atoms with Crippen LogP contribution in [0.1, 0.15) is 116 Å². The van der Waals surface area contributed by atoms with Crippen LogP contribution in [0.25, 0.3) is 16.5 Å². The number of nitrogens with one attached hydrogen (secondary N) is 3. The van der Waals surface area contributed by atoms with Gasteiger partial charge in [0, 0.05) is 58.4 Å². The highest BCUT2D eigenvalue weighted by Gasteiger charge is 2.45. The lowest BCUT2D eigenvalue weighted by atomic mass is 9.85. The molecule has 6 aromatic rings. The standard InChI is InChI=1S/C53H59ClN10O7S/c1-27-29(3)72-52-45(27)46(34-15-17-36(54)18-16-34)58-41(48-61-60-31(5)64(48)52)25-44(67)57-37-22-40(23-37)70-39-19-9-32(10-20-39)21-43(66)59-47(53(6,7)8)51(69)63-26-38(65)24-42(63)49(68)55-28(2)33-11-13-35(14-12-33)50-56-30(4)62-71-50/h9-20,28,37-38,40-42,47,65H,21-26H2,1-8H3,(H,55,68)(H,57,67)(H,59,66)/t28-,37?,38+,40?,41-,42-,47+/m0/s1. The number of nitrogens with zero attached hydrogens (tertiary/aromatic N) is 7. The number of ether oxygens (including phenoxy) is 1. The number of rotatable bonds is 14. The summed E-state index contributed by atoms with van der Waals surface area (Å²) < 4.78 is 13.5. The van der Waals surface area contributed by atoms with Crippen molar-refractivity contribution < 1.29 is 33.5 Å². The topological polar surface area (TPSA) is 219 Å². The first-order valence-corrected chi connectivity index (χ1v) is 25.4. The first kappa shape index (κ1) is 50.2. The molecule has 17 nitrogen and oxygen atoms in total. The van der Waals surface area contributed by atoms with E-state index in [-0.39, 0.29) is 49.8 Å². The van der Waals surface area contributed by atoms with Crippen molar-refractivity contribution in [2.75, 3.05) is 6.54 Å². The average molecular weight is 1020 g/mol. The van der Waals surface area contributed by atoms with Gasteiger partial charge in [-0.1, -0.05) is 73.9 Å². The molecule has 4 amide bonds. The van der Waals surface area contributed by atoms with E-state index in [0.717, 1.165) is 44.4 Å². The third kappa shape index (κ3) is 10.7. The van der Waals surface area contributed by atoms with Gasteiger partial charge in [-0.2, -0.15) is 4.98 Å². The number of aromatic nitrogens is 5. The number of carbonyl (C=O) groups is 4. The second kappa shape index (κ2) is 20.4. The molecular formula is C53H59ClN10O7S. The van der Waals surface area contributed by atoms with Crippen LogP contribution in [0.15, 0.2) is 82.3 Å². The van der Waals surface area contributed by atoms with Crippen LogP contribution in [-0.4, -0.2) is 101 Å². The molecule has 9 rings (SSSR count). The predicted molar refractivity (Wildman–Crippen MR) is 272 cm³/mol. The summed E-state index contributed by atoms with van der Waals surface area (Å²) in [4.78, 5) is 67.3. The maximum atomic E-state index is 14.2. The Kier molecular flexibility index (Phi) is 14.2. The maximum absolute atomic E-state index is 14.2. The Bertz CT molecular complexity index is 3030. The van der Waals surface area contributed by atoms with Crippen LogP contribution >= 0.6 is 22.9 Å². The van der Waals surface area contributed by atoms with Gasteiger partial charge in [-0.25, -0.2) is 0 Å². The number of hydrogen-bond donors (Lipinski definition) is 4. The Labute approximate surface area is 426 Å². The highest BCUT2D eigenvalue weighted by atomic mass is 35.5. The van der Waals surface area contributed by atoms with E-state index < -0.39 is 47.5 Å². The van der Waals surface area contributed by atoms with E-state index in [9.17, 15) is 24.3 Å². The quantitative estimate of drug-likeness (QED) is 0.0856. The van der Waals surface area contributed by atoms with Crippen LogP contribution in [0, 0.1) is 33.1 Å². The highest BCUT2D eigenvalue weighted by molar-refractivity contribution is 7.15. The van der Waals surface area contributed by atoms with Gasteiger partial charge in [-0.05, 0) is 93.1 Å². The van der Waals surface area contributed by atoms with E-state index in [1.807, 2.05) is 112 Å². The molecule has 2 fully saturated rings. The number of benzene rings is 3. The van der Waals surface area contributed by atoms with Crippen molar-refractivity contribution in [2.24, 2.45) is 10.4 Å². The molecule has 1 saturated carbocycles. The largest absolute Gasteiger partial charge is 0.490 e. The Morgan fingerprint density at radius 1 is 0.903 bits per heavy atom. The summed E-state index contributed by atoms with van der Waals surface area (Å²) in [5.41, 5.74) is 5.38. The van der Waals surface area contributed by atoms with Gasteiger partial charge < -0.3 is 35.2 Å². The molecule has 3 aromatic carbocycles. The van der Waals surface area contributed by atoms with E-state index in [1.54, 1.807) is 18.3 Å². The number of halogens is 1. The zero-order valence-electron chi connectivity index (χ0n) is 41.5. The third-order valence-corrected chi connectivity index (χ3v) is 15.1. The van der Waals surface area contributed by atoms with Crippen molar-refractivity contribution in [3.8, 4) is 22.2 Å². The van der Waals surface area contributed by atoms with E-state index in [1.165, 1.54) is 9.78 Å². The lowest BCUT2D eigenvalue weighted by Crippen LogP contribution is -2.58. The lowest BCUT2D eigenvalue weighted by molar-refractivity contribution is -0.144. The van der Waals surface area contributed by atoms with Crippen LogP contribution in [-0.2, 0) is 25.6 Å². The zero-order valence-corrected chi connectivity index (χ0v) is 43.1. The molecule has 3 aromatic heterocycles. The molecule has 1 aliphatic carbocycles. The summed E-state index contributed by atoms with van der Waals surface area (Å²) in [6.45, 7) is 15.2. The van der Waals surface area contributed by atoms with Crippen LogP contribution < -0.4 is 20.7 Å². The molecule has 2 aliphatic heterocycles. The fourth-order valence-electron chi connectivity index (χ4n) is 9.49. The number of carbonyl (C=O) groups excluding carboxylic acids is 4. The summed E-state index contributed by atoms with van der Waals surface area (Å²) in [7, 11) is 0. The van der Waals surface area contributed by atoms with Gasteiger partial charge >= 0.3 is 0 Å². The SMILES string of the molecule is Cc1noc(-c2ccc([C@H](C)NC(=O)[C@@H]3C[C@@H](O)CN3C(=O)[C@@H](NC(=O)Cc3ccc(OC4CC(NC(=O)C[C@@H]5N=C(c6ccc(Cl)cc6)c6c(sc(C)c6C)-n6c(C)nnc65)C4)cc3)C(C)(C)C)cc2)n1. The Morgan fingerprint density at radius 2 is 1.60 bits per heavy atom. The molecule has 72 heavy (non-hydrogen) atoms. The predicted octanol–water partition coefficient (Wildman–Crippen LogP) is 7.19. The monoisotopic (exact) mass is 1010 g/mol. The minimum Gasteiger partial charge on any atom is -0.490 e. The fourth-order valence-corrected chi connectivity index (χ4v) is 10.8. The minimum absolute atomic E-state index is 0.00219. The van der Waals surface area contributed by atoms with E-state index >= 15 is 0 Å². The second-order valence-corrected chi connectivity index (χ2v) is 21.8. The number of aliphatic hydroxyl groups is 1. The first-order valence-electron chi connectivity index (χ1n) is 24.2. The van der Waals surface area contributed by atoms with Crippen LogP contribution in [0.5, 0.6) is 5.75 Å². The molecule has 0 unspecified atom stereocenters. The molecule has 1 saturated heterocycles. The summed E-state index contributed by atoms with van der Waals surface area (Å²) in [6, 6.07) is 19.3. The molecule has 5 heterocycles. The average Bonchev–Trinajstić information content (AvgIpc) is 4.10. The zero-order chi connectivity index (χ0) is 51.2. The first-order chi connectivity index (χ1) is 34.3. The second-order valence-electron chi connectivity index (χ2n) is 20.2. The van der Waals surface area contributed by atoms with Crippen LogP contribution in [0.2, 0.25) is 5.02 Å². The van der Waals surface area contributed by atoms with E-state index in [4.69, 9.17) is 25.9 Å². The van der Waals surface area contributed by atoms with Crippen molar-refractivity contribution in [2.45, 2.75) is 130 Å². The number of β-amino-alcohol motifs (C(OH)–C–C–N with tert-alkyl or cyclic N) is 1.